The highest BCUT2D eigenvalue weighted by Gasteiger charge is 2.15. The summed E-state index contributed by atoms with van der Waals surface area (Å²) in [4.78, 5) is 23.8. The lowest BCUT2D eigenvalue weighted by Crippen LogP contribution is -2.15. The molecule has 2 aromatic rings. The highest BCUT2D eigenvalue weighted by atomic mass is 32.1. The molecule has 1 aromatic carbocycles. The maximum atomic E-state index is 12.1. The molecule has 0 saturated carbocycles. The average Bonchev–Trinajstić information content (AvgIpc) is 2.76. The fraction of sp³-hybridized carbons (Fsp3) is 0.333. The first-order valence-corrected chi connectivity index (χ1v) is 7.44. The molecule has 1 aromatic heterocycles. The number of hydrogen-bond donors (Lipinski definition) is 1. The summed E-state index contributed by atoms with van der Waals surface area (Å²) in [5, 5.41) is 8.71. The van der Waals surface area contributed by atoms with E-state index in [-0.39, 0.29) is 11.3 Å². The van der Waals surface area contributed by atoms with Gasteiger partial charge in [-0.2, -0.15) is 0 Å². The normalized spacial score (nSPS) is 10.7. The van der Waals surface area contributed by atoms with E-state index in [2.05, 4.69) is 0 Å². The first kappa shape index (κ1) is 14.5. The van der Waals surface area contributed by atoms with E-state index in [9.17, 15) is 9.59 Å². The molecule has 0 saturated heterocycles. The van der Waals surface area contributed by atoms with Crippen LogP contribution in [0.1, 0.15) is 24.6 Å². The van der Waals surface area contributed by atoms with Crippen molar-refractivity contribution < 1.29 is 9.90 Å². The van der Waals surface area contributed by atoms with Crippen molar-refractivity contribution in [2.45, 2.75) is 32.7 Å². The zero-order valence-electron chi connectivity index (χ0n) is 11.3. The van der Waals surface area contributed by atoms with Crippen molar-refractivity contribution in [2.75, 3.05) is 0 Å². The number of rotatable bonds is 6. The molecular formula is C15H17NO3S. The van der Waals surface area contributed by atoms with E-state index in [1.165, 1.54) is 11.3 Å². The van der Waals surface area contributed by atoms with Crippen LogP contribution in [0.3, 0.4) is 0 Å². The Labute approximate surface area is 121 Å². The van der Waals surface area contributed by atoms with Crippen LogP contribution in [-0.2, 0) is 17.8 Å². The lowest BCUT2D eigenvalue weighted by Gasteiger charge is -2.09. The molecule has 0 aliphatic carbocycles. The highest BCUT2D eigenvalue weighted by Crippen LogP contribution is 2.26. The van der Waals surface area contributed by atoms with Crippen molar-refractivity contribution in [3.8, 4) is 11.3 Å². The van der Waals surface area contributed by atoms with Crippen molar-refractivity contribution in [1.82, 2.24) is 4.57 Å². The minimum absolute atomic E-state index is 0.00825. The number of nitrogens with zero attached hydrogens (tertiary/aromatic N) is 1. The van der Waals surface area contributed by atoms with Gasteiger partial charge in [-0.15, -0.1) is 0 Å². The Morgan fingerprint density at radius 1 is 1.30 bits per heavy atom. The number of carboxylic acid groups (broad SMARTS) is 1. The minimum Gasteiger partial charge on any atom is -0.481 e. The summed E-state index contributed by atoms with van der Waals surface area (Å²) >= 11 is 1.25. The average molecular weight is 291 g/mol. The summed E-state index contributed by atoms with van der Waals surface area (Å²) in [6, 6.07) is 9.79. The lowest BCUT2D eigenvalue weighted by molar-refractivity contribution is -0.137. The van der Waals surface area contributed by atoms with Crippen LogP contribution in [-0.4, -0.2) is 15.6 Å². The molecule has 2 rings (SSSR count). The van der Waals surface area contributed by atoms with Gasteiger partial charge in [0, 0.05) is 17.8 Å². The molecule has 4 nitrogen and oxygen atoms in total. The molecular weight excluding hydrogens is 274 g/mol. The second-order valence-corrected chi connectivity index (χ2v) is 5.55. The van der Waals surface area contributed by atoms with Gasteiger partial charge in [0.2, 0.25) is 0 Å². The summed E-state index contributed by atoms with van der Waals surface area (Å²) in [5.41, 5.74) is 1.95. The van der Waals surface area contributed by atoms with Crippen molar-refractivity contribution in [3.63, 3.8) is 0 Å². The van der Waals surface area contributed by atoms with Crippen LogP contribution < -0.4 is 4.87 Å². The highest BCUT2D eigenvalue weighted by molar-refractivity contribution is 7.09. The summed E-state index contributed by atoms with van der Waals surface area (Å²) in [5.74, 6) is -0.828. The molecule has 1 N–H and O–H groups in total. The third-order valence-corrected chi connectivity index (χ3v) is 4.23. The first-order chi connectivity index (χ1) is 9.63. The largest absolute Gasteiger partial charge is 0.481 e. The number of carbonyl (C=O) groups is 1. The second kappa shape index (κ2) is 6.52. The Hall–Kier alpha value is -1.88. The van der Waals surface area contributed by atoms with E-state index in [0.717, 1.165) is 22.6 Å². The number of benzene rings is 1. The van der Waals surface area contributed by atoms with Crippen LogP contribution in [0.5, 0.6) is 0 Å². The minimum atomic E-state index is -0.828. The van der Waals surface area contributed by atoms with Crippen LogP contribution >= 0.6 is 11.3 Å². The molecule has 0 unspecified atom stereocenters. The molecule has 0 aliphatic heterocycles. The SMILES string of the molecule is CCc1sc(=O)n(CCCC(=O)O)c1-c1ccccc1. The maximum absolute atomic E-state index is 12.1. The van der Waals surface area contributed by atoms with Crippen LogP contribution in [0.15, 0.2) is 35.1 Å². The predicted molar refractivity (Wildman–Crippen MR) is 80.3 cm³/mol. The third kappa shape index (κ3) is 3.17. The van der Waals surface area contributed by atoms with Gasteiger partial charge in [0.1, 0.15) is 0 Å². The molecule has 1 heterocycles. The molecule has 20 heavy (non-hydrogen) atoms. The molecule has 0 fully saturated rings. The van der Waals surface area contributed by atoms with Crippen molar-refractivity contribution in [1.29, 1.82) is 0 Å². The van der Waals surface area contributed by atoms with Gasteiger partial charge >= 0.3 is 10.8 Å². The summed E-state index contributed by atoms with van der Waals surface area (Å²) in [6.07, 6.45) is 1.35. The first-order valence-electron chi connectivity index (χ1n) is 6.63. The van der Waals surface area contributed by atoms with Gasteiger partial charge in [-0.1, -0.05) is 48.6 Å². The van der Waals surface area contributed by atoms with E-state index in [4.69, 9.17) is 5.11 Å². The fourth-order valence-corrected chi connectivity index (χ4v) is 3.17. The van der Waals surface area contributed by atoms with Gasteiger partial charge in [-0.25, -0.2) is 0 Å². The quantitative estimate of drug-likeness (QED) is 0.890. The van der Waals surface area contributed by atoms with Crippen molar-refractivity contribution in [2.24, 2.45) is 0 Å². The Kier molecular flexibility index (Phi) is 4.74. The number of thiazole rings is 1. The maximum Gasteiger partial charge on any atom is 0.307 e. The molecule has 5 heteroatoms. The van der Waals surface area contributed by atoms with Crippen LogP contribution in [0.4, 0.5) is 0 Å². The van der Waals surface area contributed by atoms with Crippen molar-refractivity contribution in [3.05, 3.63) is 44.9 Å². The van der Waals surface area contributed by atoms with Gasteiger partial charge in [0.25, 0.3) is 0 Å². The molecule has 106 valence electrons. The van der Waals surface area contributed by atoms with Gasteiger partial charge in [0.05, 0.1) is 5.69 Å². The second-order valence-electron chi connectivity index (χ2n) is 4.51. The van der Waals surface area contributed by atoms with Gasteiger partial charge < -0.3 is 5.11 Å². The Morgan fingerprint density at radius 3 is 2.60 bits per heavy atom. The number of aromatic nitrogens is 1. The fourth-order valence-electron chi connectivity index (χ4n) is 2.19. The third-order valence-electron chi connectivity index (χ3n) is 3.11. The smallest absolute Gasteiger partial charge is 0.307 e. The van der Waals surface area contributed by atoms with E-state index in [1.54, 1.807) is 4.57 Å². The lowest BCUT2D eigenvalue weighted by atomic mass is 10.1. The Balaban J connectivity index is 2.38. The van der Waals surface area contributed by atoms with Gasteiger partial charge in [-0.05, 0) is 18.4 Å². The number of carboxylic acids is 1. The van der Waals surface area contributed by atoms with Crippen LogP contribution in [0.25, 0.3) is 11.3 Å². The molecule has 0 bridgehead atoms. The van der Waals surface area contributed by atoms with Gasteiger partial charge in [0.15, 0.2) is 0 Å². The Morgan fingerprint density at radius 2 is 2.00 bits per heavy atom. The zero-order chi connectivity index (χ0) is 14.5. The zero-order valence-corrected chi connectivity index (χ0v) is 12.2. The molecule has 0 spiro atoms. The number of aryl methyl sites for hydroxylation is 1. The summed E-state index contributed by atoms with van der Waals surface area (Å²) < 4.78 is 1.71. The molecule has 0 radical (unpaired) electrons. The molecule has 0 atom stereocenters. The topological polar surface area (TPSA) is 59.3 Å². The van der Waals surface area contributed by atoms with Gasteiger partial charge in [-0.3, -0.25) is 14.2 Å². The summed E-state index contributed by atoms with van der Waals surface area (Å²) in [6.45, 7) is 2.48. The van der Waals surface area contributed by atoms with Crippen LogP contribution in [0.2, 0.25) is 0 Å². The van der Waals surface area contributed by atoms with E-state index < -0.39 is 5.97 Å². The monoisotopic (exact) mass is 291 g/mol. The van der Waals surface area contributed by atoms with E-state index >= 15 is 0 Å². The summed E-state index contributed by atoms with van der Waals surface area (Å²) in [7, 11) is 0. The molecule has 0 aliphatic rings. The van der Waals surface area contributed by atoms with Crippen LogP contribution in [0, 0.1) is 0 Å². The van der Waals surface area contributed by atoms with E-state index in [1.807, 2.05) is 37.3 Å². The molecule has 0 amide bonds. The predicted octanol–water partition coefficient (Wildman–Crippen LogP) is 3.00. The van der Waals surface area contributed by atoms with Crippen molar-refractivity contribution >= 4 is 17.3 Å². The standard InChI is InChI=1S/C15H17NO3S/c1-2-12-14(11-7-4-3-5-8-11)16(15(19)20-12)10-6-9-13(17)18/h3-5,7-8H,2,6,9-10H2,1H3,(H,17,18). The Bertz CT molecular complexity index is 643. The number of aliphatic carboxylic acids is 1. The van der Waals surface area contributed by atoms with E-state index in [0.29, 0.717) is 13.0 Å². The number of hydrogen-bond acceptors (Lipinski definition) is 3.